The summed E-state index contributed by atoms with van der Waals surface area (Å²) < 4.78 is 47.9. The number of nitrogens with one attached hydrogen (secondary N) is 1. The van der Waals surface area contributed by atoms with Gasteiger partial charge in [-0.05, 0) is 70.0 Å². The fraction of sp³-hybridized carbons (Fsp3) is 0.143. The third kappa shape index (κ3) is 6.10. The van der Waals surface area contributed by atoms with Crippen molar-refractivity contribution in [2.24, 2.45) is 5.14 Å². The Morgan fingerprint density at radius 2 is 1.84 bits per heavy atom. The van der Waals surface area contributed by atoms with Crippen molar-refractivity contribution in [2.45, 2.75) is 18.0 Å². The lowest BCUT2D eigenvalue weighted by Gasteiger charge is -2.16. The molecule has 3 aromatic carbocycles. The maximum absolute atomic E-state index is 13.2. The van der Waals surface area contributed by atoms with E-state index in [1.807, 2.05) is 12.1 Å². The van der Waals surface area contributed by atoms with E-state index in [1.54, 1.807) is 18.2 Å². The molecule has 10 heteroatoms. The number of hydrogen-bond donors (Lipinski definition) is 2. The fourth-order valence-corrected chi connectivity index (χ4v) is 4.11. The number of ether oxygens (including phenoxy) is 2. The summed E-state index contributed by atoms with van der Waals surface area (Å²) >= 11 is 9.55. The first-order chi connectivity index (χ1) is 14.7. The van der Waals surface area contributed by atoms with Crippen molar-refractivity contribution in [3.05, 3.63) is 81.0 Å². The number of primary sulfonamides is 1. The minimum Gasteiger partial charge on any atom is -0.493 e. The fourth-order valence-electron chi connectivity index (χ4n) is 2.77. The second kappa shape index (κ2) is 9.86. The summed E-state index contributed by atoms with van der Waals surface area (Å²) in [4.78, 5) is 0.0465. The third-order valence-corrected chi connectivity index (χ3v) is 6.23. The Labute approximate surface area is 193 Å². The zero-order valence-corrected chi connectivity index (χ0v) is 19.5. The molecule has 0 spiro atoms. The van der Waals surface area contributed by atoms with Gasteiger partial charge in [-0.25, -0.2) is 17.9 Å². The van der Waals surface area contributed by atoms with Gasteiger partial charge in [0.05, 0.1) is 21.5 Å². The average molecular weight is 530 g/mol. The Bertz CT molecular complexity index is 1190. The summed E-state index contributed by atoms with van der Waals surface area (Å²) in [6, 6.07) is 14.0. The molecule has 3 aromatic rings. The van der Waals surface area contributed by atoms with E-state index in [0.29, 0.717) is 28.1 Å². The molecule has 0 aliphatic rings. The van der Waals surface area contributed by atoms with Crippen LogP contribution in [0.4, 0.5) is 10.1 Å². The van der Waals surface area contributed by atoms with Crippen LogP contribution in [0, 0.1) is 5.82 Å². The number of anilines is 1. The van der Waals surface area contributed by atoms with Crippen molar-refractivity contribution in [3.8, 4) is 11.5 Å². The van der Waals surface area contributed by atoms with Gasteiger partial charge in [0.1, 0.15) is 12.4 Å². The zero-order valence-electron chi connectivity index (χ0n) is 16.4. The lowest BCUT2D eigenvalue weighted by atomic mass is 10.2. The number of benzene rings is 3. The van der Waals surface area contributed by atoms with Crippen LogP contribution in [-0.4, -0.2) is 15.5 Å². The highest BCUT2D eigenvalue weighted by molar-refractivity contribution is 9.10. The third-order valence-electron chi connectivity index (χ3n) is 4.36. The van der Waals surface area contributed by atoms with E-state index in [4.69, 9.17) is 26.2 Å². The van der Waals surface area contributed by atoms with Crippen molar-refractivity contribution < 1.29 is 22.3 Å². The zero-order chi connectivity index (χ0) is 22.6. The van der Waals surface area contributed by atoms with E-state index in [1.165, 1.54) is 31.4 Å². The Hall–Kier alpha value is -2.33. The van der Waals surface area contributed by atoms with Gasteiger partial charge in [-0.2, -0.15) is 0 Å². The molecule has 3 N–H and O–H groups in total. The highest BCUT2D eigenvalue weighted by atomic mass is 79.9. The maximum atomic E-state index is 13.2. The van der Waals surface area contributed by atoms with Gasteiger partial charge in [0.15, 0.2) is 11.5 Å². The smallest absolute Gasteiger partial charge is 0.238 e. The van der Waals surface area contributed by atoms with Gasteiger partial charge >= 0.3 is 0 Å². The molecule has 0 fully saturated rings. The van der Waals surface area contributed by atoms with Gasteiger partial charge in [0.25, 0.3) is 0 Å². The van der Waals surface area contributed by atoms with Crippen molar-refractivity contribution in [3.63, 3.8) is 0 Å². The molecule has 0 saturated heterocycles. The minimum absolute atomic E-state index is 0.0465. The summed E-state index contributed by atoms with van der Waals surface area (Å²) in [6.07, 6.45) is 0. The first kappa shape index (κ1) is 23.3. The quantitative estimate of drug-likeness (QED) is 0.424. The minimum atomic E-state index is -3.73. The van der Waals surface area contributed by atoms with E-state index in [-0.39, 0.29) is 16.5 Å². The Balaban J connectivity index is 1.71. The molecular weight excluding hydrogens is 511 g/mol. The van der Waals surface area contributed by atoms with Gasteiger partial charge in [-0.3, -0.25) is 0 Å². The molecule has 6 nitrogen and oxygen atoms in total. The summed E-state index contributed by atoms with van der Waals surface area (Å²) in [7, 11) is -2.20. The van der Waals surface area contributed by atoms with Crippen LogP contribution in [0.5, 0.6) is 11.5 Å². The summed E-state index contributed by atoms with van der Waals surface area (Å²) in [5.74, 6) is 0.585. The van der Waals surface area contributed by atoms with Crippen LogP contribution < -0.4 is 19.9 Å². The molecule has 0 aliphatic heterocycles. The average Bonchev–Trinajstić information content (AvgIpc) is 2.72. The molecule has 0 amide bonds. The predicted octanol–water partition coefficient (Wildman–Crippen LogP) is 5.09. The molecule has 0 bridgehead atoms. The van der Waals surface area contributed by atoms with Crippen LogP contribution in [-0.2, 0) is 23.2 Å². The second-order valence-corrected chi connectivity index (χ2v) is 9.38. The molecule has 0 aliphatic carbocycles. The number of methoxy groups -OCH3 is 1. The van der Waals surface area contributed by atoms with Gasteiger partial charge < -0.3 is 14.8 Å². The first-order valence-corrected chi connectivity index (χ1v) is 11.7. The summed E-state index contributed by atoms with van der Waals surface area (Å²) in [6.45, 7) is 0.593. The van der Waals surface area contributed by atoms with E-state index >= 15 is 0 Å². The number of sulfonamides is 1. The van der Waals surface area contributed by atoms with Gasteiger partial charge in [-0.1, -0.05) is 17.7 Å². The molecule has 0 aromatic heterocycles. The van der Waals surface area contributed by atoms with Crippen LogP contribution in [0.1, 0.15) is 11.1 Å². The summed E-state index contributed by atoms with van der Waals surface area (Å²) in [5, 5.41) is 8.59. The molecule has 0 atom stereocenters. The topological polar surface area (TPSA) is 90.6 Å². The molecule has 0 unspecified atom stereocenters. The lowest BCUT2D eigenvalue weighted by molar-refractivity contribution is 0.282. The lowest BCUT2D eigenvalue weighted by Crippen LogP contribution is -2.12. The molecule has 164 valence electrons. The Morgan fingerprint density at radius 3 is 2.45 bits per heavy atom. The van der Waals surface area contributed by atoms with Gasteiger partial charge in [0.2, 0.25) is 10.0 Å². The van der Waals surface area contributed by atoms with E-state index in [2.05, 4.69) is 21.2 Å². The highest BCUT2D eigenvalue weighted by Crippen LogP contribution is 2.37. The summed E-state index contributed by atoms with van der Waals surface area (Å²) in [5.41, 5.74) is 2.27. The number of rotatable bonds is 8. The SMILES string of the molecule is COc1cc(CNc2ccc(S(N)(=O)=O)cc2)cc(Br)c1OCc1ccc(F)cc1Cl. The highest BCUT2D eigenvalue weighted by Gasteiger charge is 2.13. The largest absolute Gasteiger partial charge is 0.493 e. The molecule has 3 rings (SSSR count). The van der Waals surface area contributed by atoms with Crippen LogP contribution in [0.2, 0.25) is 5.02 Å². The van der Waals surface area contributed by atoms with Crippen molar-refractivity contribution >= 4 is 43.2 Å². The van der Waals surface area contributed by atoms with Crippen LogP contribution in [0.3, 0.4) is 0 Å². The molecular formula is C21H19BrClFN2O4S. The van der Waals surface area contributed by atoms with Crippen molar-refractivity contribution in [1.82, 2.24) is 0 Å². The number of halogens is 3. The van der Waals surface area contributed by atoms with Gasteiger partial charge in [-0.15, -0.1) is 0 Å². The molecule has 0 heterocycles. The van der Waals surface area contributed by atoms with Crippen LogP contribution >= 0.6 is 27.5 Å². The van der Waals surface area contributed by atoms with E-state index < -0.39 is 15.8 Å². The normalized spacial score (nSPS) is 11.3. The van der Waals surface area contributed by atoms with Crippen molar-refractivity contribution in [2.75, 3.05) is 12.4 Å². The predicted molar refractivity (Wildman–Crippen MR) is 122 cm³/mol. The molecule has 0 saturated carbocycles. The van der Waals surface area contributed by atoms with E-state index in [0.717, 1.165) is 11.3 Å². The van der Waals surface area contributed by atoms with Gasteiger partial charge in [0, 0.05) is 17.8 Å². The van der Waals surface area contributed by atoms with Crippen molar-refractivity contribution in [1.29, 1.82) is 0 Å². The Morgan fingerprint density at radius 1 is 1.13 bits per heavy atom. The Kier molecular flexibility index (Phi) is 7.42. The number of nitrogens with two attached hydrogens (primary N) is 1. The number of hydrogen-bond acceptors (Lipinski definition) is 5. The van der Waals surface area contributed by atoms with Crippen LogP contribution in [0.25, 0.3) is 0 Å². The van der Waals surface area contributed by atoms with E-state index in [9.17, 15) is 12.8 Å². The first-order valence-electron chi connectivity index (χ1n) is 8.97. The molecule has 31 heavy (non-hydrogen) atoms. The standard InChI is InChI=1S/C21H19BrClFN2O4S/c1-29-20-9-13(11-26-16-4-6-17(7-5-16)31(25,27)28)8-18(22)21(20)30-12-14-2-3-15(24)10-19(14)23/h2-10,26H,11-12H2,1H3,(H2,25,27,28). The molecule has 0 radical (unpaired) electrons. The maximum Gasteiger partial charge on any atom is 0.238 e. The second-order valence-electron chi connectivity index (χ2n) is 6.56. The van der Waals surface area contributed by atoms with Crippen LogP contribution in [0.15, 0.2) is 64.0 Å². The monoisotopic (exact) mass is 528 g/mol.